The lowest BCUT2D eigenvalue weighted by Crippen LogP contribution is -2.50. The Kier molecular flexibility index (Phi) is 10.8. The number of hydrogen-bond acceptors (Lipinski definition) is 10. The van der Waals surface area contributed by atoms with E-state index in [1.165, 1.54) is 11.3 Å². The second-order valence-electron chi connectivity index (χ2n) is 10.4. The fourth-order valence-corrected chi connectivity index (χ4v) is 4.14. The van der Waals surface area contributed by atoms with Crippen LogP contribution in [0, 0.1) is 0 Å². The van der Waals surface area contributed by atoms with Crippen LogP contribution in [0.5, 0.6) is 0 Å². The molecule has 1 N–H and O–H groups in total. The van der Waals surface area contributed by atoms with Crippen molar-refractivity contribution in [2.45, 2.75) is 59.7 Å². The van der Waals surface area contributed by atoms with E-state index in [0.717, 1.165) is 31.3 Å². The van der Waals surface area contributed by atoms with Crippen molar-refractivity contribution in [2.75, 3.05) is 63.9 Å². The lowest BCUT2D eigenvalue weighted by molar-refractivity contribution is 0.0223. The molecular weight excluding hydrogens is 486 g/mol. The summed E-state index contributed by atoms with van der Waals surface area (Å²) in [6, 6.07) is 0. The molecule has 0 atom stereocenters. The molecule has 3 rings (SSSR count). The van der Waals surface area contributed by atoms with Crippen molar-refractivity contribution in [3.63, 3.8) is 0 Å². The third-order valence-corrected chi connectivity index (χ3v) is 5.85. The van der Waals surface area contributed by atoms with Gasteiger partial charge in [0.25, 0.3) is 0 Å². The SMILES string of the molecule is CC(C)(C)OC(=O)N1CCNCC1.CCOC(=O)c1csc(N2CCN(C(=O)OC(C)(C)C)CC2)n1. The molecular formula is C24H41N5O6S. The van der Waals surface area contributed by atoms with Gasteiger partial charge in [-0.2, -0.15) is 0 Å². The Labute approximate surface area is 218 Å². The predicted molar refractivity (Wildman–Crippen MR) is 139 cm³/mol. The first-order valence-electron chi connectivity index (χ1n) is 12.3. The average Bonchev–Trinajstić information content (AvgIpc) is 3.29. The van der Waals surface area contributed by atoms with Crippen molar-refractivity contribution in [1.29, 1.82) is 0 Å². The Hall–Kier alpha value is -2.60. The van der Waals surface area contributed by atoms with Crippen molar-refractivity contribution in [3.05, 3.63) is 11.1 Å². The van der Waals surface area contributed by atoms with Crippen molar-refractivity contribution in [3.8, 4) is 0 Å². The quantitative estimate of drug-likeness (QED) is 0.467. The fourth-order valence-electron chi connectivity index (χ4n) is 3.29. The number of nitrogens with zero attached hydrogens (tertiary/aromatic N) is 4. The van der Waals surface area contributed by atoms with Crippen LogP contribution in [0.2, 0.25) is 0 Å². The van der Waals surface area contributed by atoms with E-state index in [4.69, 9.17) is 14.2 Å². The highest BCUT2D eigenvalue weighted by molar-refractivity contribution is 7.13. The molecule has 0 saturated carbocycles. The number of carbonyl (C=O) groups excluding carboxylic acids is 3. The van der Waals surface area contributed by atoms with Crippen molar-refractivity contribution >= 4 is 34.6 Å². The lowest BCUT2D eigenvalue weighted by atomic mass is 10.2. The Morgan fingerprint density at radius 3 is 1.86 bits per heavy atom. The number of piperazine rings is 2. The first kappa shape index (κ1) is 29.6. The maximum Gasteiger partial charge on any atom is 0.410 e. The molecule has 0 aromatic carbocycles. The predicted octanol–water partition coefficient (Wildman–Crippen LogP) is 3.20. The largest absolute Gasteiger partial charge is 0.461 e. The number of aromatic nitrogens is 1. The third-order valence-electron chi connectivity index (χ3n) is 4.95. The number of anilines is 1. The van der Waals surface area contributed by atoms with E-state index >= 15 is 0 Å². The van der Waals surface area contributed by atoms with Gasteiger partial charge in [-0.25, -0.2) is 19.4 Å². The number of rotatable bonds is 3. The standard InChI is InChI=1S/C15H23N3O4S.C9H18N2O2/c1-5-21-12(19)11-10-23-13(16-11)17-6-8-18(9-7-17)14(20)22-15(2,3)4;1-9(2,3)13-8(12)11-6-4-10-5-7-11/h10H,5-9H2,1-4H3;10H,4-7H2,1-3H3. The van der Waals surface area contributed by atoms with E-state index in [1.54, 1.807) is 22.1 Å². The van der Waals surface area contributed by atoms with Crippen LogP contribution >= 0.6 is 11.3 Å². The Bertz CT molecular complexity index is 865. The number of carbonyl (C=O) groups is 3. The third kappa shape index (κ3) is 10.2. The summed E-state index contributed by atoms with van der Waals surface area (Å²) < 4.78 is 15.6. The van der Waals surface area contributed by atoms with E-state index in [0.29, 0.717) is 38.5 Å². The van der Waals surface area contributed by atoms with Crippen LogP contribution in [0.3, 0.4) is 0 Å². The number of nitrogens with one attached hydrogen (secondary N) is 1. The summed E-state index contributed by atoms with van der Waals surface area (Å²) in [6.45, 7) is 19.0. The molecule has 2 aliphatic rings. The van der Waals surface area contributed by atoms with Gasteiger partial charge in [-0.15, -0.1) is 11.3 Å². The first-order valence-corrected chi connectivity index (χ1v) is 13.2. The van der Waals surface area contributed by atoms with Crippen molar-refractivity contribution in [2.24, 2.45) is 0 Å². The van der Waals surface area contributed by atoms with Gasteiger partial charge in [-0.1, -0.05) is 0 Å². The lowest BCUT2D eigenvalue weighted by Gasteiger charge is -2.35. The minimum atomic E-state index is -0.488. The second-order valence-corrected chi connectivity index (χ2v) is 11.2. The van der Waals surface area contributed by atoms with E-state index in [9.17, 15) is 14.4 Å². The molecule has 12 heteroatoms. The van der Waals surface area contributed by atoms with Gasteiger partial charge in [0.15, 0.2) is 10.8 Å². The minimum absolute atomic E-state index is 0.200. The van der Waals surface area contributed by atoms with Gasteiger partial charge < -0.3 is 34.2 Å². The van der Waals surface area contributed by atoms with Gasteiger partial charge in [0, 0.05) is 57.7 Å². The molecule has 36 heavy (non-hydrogen) atoms. The molecule has 0 bridgehead atoms. The molecule has 0 spiro atoms. The normalized spacial score (nSPS) is 16.6. The zero-order valence-electron chi connectivity index (χ0n) is 22.6. The number of amides is 2. The summed E-state index contributed by atoms with van der Waals surface area (Å²) in [7, 11) is 0. The molecule has 2 aliphatic heterocycles. The monoisotopic (exact) mass is 527 g/mol. The summed E-state index contributed by atoms with van der Waals surface area (Å²) in [5, 5.41) is 5.66. The van der Waals surface area contributed by atoms with Crippen LogP contribution in [0.1, 0.15) is 59.0 Å². The molecule has 11 nitrogen and oxygen atoms in total. The number of esters is 1. The molecule has 0 unspecified atom stereocenters. The number of ether oxygens (including phenoxy) is 3. The van der Waals surface area contributed by atoms with Gasteiger partial charge in [0.05, 0.1) is 6.61 Å². The Balaban J connectivity index is 0.000000297. The van der Waals surface area contributed by atoms with Crippen LogP contribution in [0.15, 0.2) is 5.38 Å². The van der Waals surface area contributed by atoms with Crippen LogP contribution in [0.4, 0.5) is 14.7 Å². The second kappa shape index (κ2) is 13.1. The summed E-state index contributed by atoms with van der Waals surface area (Å²) in [6.07, 6.45) is -0.488. The van der Waals surface area contributed by atoms with Crippen LogP contribution in [-0.4, -0.2) is 103 Å². The molecule has 1 aromatic rings. The zero-order valence-corrected chi connectivity index (χ0v) is 23.4. The van der Waals surface area contributed by atoms with Gasteiger partial charge in [0.2, 0.25) is 0 Å². The van der Waals surface area contributed by atoms with Crippen LogP contribution in [-0.2, 0) is 14.2 Å². The minimum Gasteiger partial charge on any atom is -0.461 e. The number of hydrogen-bond donors (Lipinski definition) is 1. The van der Waals surface area contributed by atoms with E-state index in [2.05, 4.69) is 15.2 Å². The molecule has 2 amide bonds. The van der Waals surface area contributed by atoms with Crippen LogP contribution < -0.4 is 10.2 Å². The molecule has 3 heterocycles. The van der Waals surface area contributed by atoms with E-state index in [1.807, 2.05) is 41.5 Å². The molecule has 2 fully saturated rings. The summed E-state index contributed by atoms with van der Waals surface area (Å²) in [5.41, 5.74) is -0.540. The summed E-state index contributed by atoms with van der Waals surface area (Å²) in [4.78, 5) is 45.0. The molecule has 0 aliphatic carbocycles. The van der Waals surface area contributed by atoms with Gasteiger partial charge in [-0.3, -0.25) is 0 Å². The highest BCUT2D eigenvalue weighted by Gasteiger charge is 2.27. The van der Waals surface area contributed by atoms with Crippen molar-refractivity contribution < 1.29 is 28.6 Å². The number of thiazole rings is 1. The van der Waals surface area contributed by atoms with Crippen LogP contribution in [0.25, 0.3) is 0 Å². The van der Waals surface area contributed by atoms with Gasteiger partial charge in [-0.05, 0) is 48.5 Å². The topological polar surface area (TPSA) is 114 Å². The van der Waals surface area contributed by atoms with Gasteiger partial charge in [0.1, 0.15) is 11.2 Å². The highest BCUT2D eigenvalue weighted by Crippen LogP contribution is 2.23. The van der Waals surface area contributed by atoms with E-state index < -0.39 is 11.6 Å². The fraction of sp³-hybridized carbons (Fsp3) is 0.750. The maximum absolute atomic E-state index is 12.0. The highest BCUT2D eigenvalue weighted by atomic mass is 32.1. The first-order chi connectivity index (χ1) is 16.8. The van der Waals surface area contributed by atoms with Crippen molar-refractivity contribution in [1.82, 2.24) is 20.1 Å². The molecule has 2 saturated heterocycles. The molecule has 1 aromatic heterocycles. The Morgan fingerprint density at radius 1 is 0.889 bits per heavy atom. The summed E-state index contributed by atoms with van der Waals surface area (Å²) in [5.74, 6) is -0.401. The molecule has 0 radical (unpaired) electrons. The summed E-state index contributed by atoms with van der Waals surface area (Å²) >= 11 is 1.41. The smallest absolute Gasteiger partial charge is 0.410 e. The zero-order chi connectivity index (χ0) is 26.9. The maximum atomic E-state index is 12.0. The molecule has 204 valence electrons. The van der Waals surface area contributed by atoms with E-state index in [-0.39, 0.29) is 17.8 Å². The van der Waals surface area contributed by atoms with Gasteiger partial charge >= 0.3 is 18.2 Å². The Morgan fingerprint density at radius 2 is 1.39 bits per heavy atom. The average molecular weight is 528 g/mol.